The number of anilines is 1. The van der Waals surface area contributed by atoms with Gasteiger partial charge < -0.3 is 24.4 Å². The number of hydrogen-bond acceptors (Lipinski definition) is 5. The number of nitrogens with one attached hydrogen (secondary N) is 1. The van der Waals surface area contributed by atoms with Gasteiger partial charge in [0.1, 0.15) is 5.75 Å². The van der Waals surface area contributed by atoms with Gasteiger partial charge in [0.2, 0.25) is 11.8 Å². The Balaban J connectivity index is 1.49. The standard InChI is InChI=1S/C23H34N2O5/c1-4-25(20-15-17(28-2)9-11-21(20)29-3)23(27)6-5-13-30-18-8-10-19-16(14-18)7-12-22(26)24-19/h8,10,14,17,20-21H,4-7,9,11-13,15H2,1-3H3,(H,24,26). The fourth-order valence-corrected chi connectivity index (χ4v) is 4.50. The van der Waals surface area contributed by atoms with E-state index in [-0.39, 0.29) is 30.1 Å². The summed E-state index contributed by atoms with van der Waals surface area (Å²) in [7, 11) is 3.46. The van der Waals surface area contributed by atoms with Crippen molar-refractivity contribution in [3.8, 4) is 5.75 Å². The molecule has 1 fully saturated rings. The molecule has 3 rings (SSSR count). The molecule has 30 heavy (non-hydrogen) atoms. The maximum atomic E-state index is 12.9. The minimum absolute atomic E-state index is 0.0562. The number of ether oxygens (including phenoxy) is 3. The van der Waals surface area contributed by atoms with Crippen LogP contribution in [-0.2, 0) is 25.5 Å². The van der Waals surface area contributed by atoms with Crippen LogP contribution in [0.4, 0.5) is 5.69 Å². The van der Waals surface area contributed by atoms with E-state index >= 15 is 0 Å². The molecular weight excluding hydrogens is 384 g/mol. The number of hydrogen-bond donors (Lipinski definition) is 1. The second-order valence-corrected chi connectivity index (χ2v) is 8.01. The van der Waals surface area contributed by atoms with E-state index in [1.165, 1.54) is 0 Å². The molecule has 3 unspecified atom stereocenters. The summed E-state index contributed by atoms with van der Waals surface area (Å²) in [5.41, 5.74) is 1.96. The Morgan fingerprint density at radius 1 is 1.20 bits per heavy atom. The molecule has 1 aliphatic carbocycles. The summed E-state index contributed by atoms with van der Waals surface area (Å²) in [4.78, 5) is 26.3. The summed E-state index contributed by atoms with van der Waals surface area (Å²) in [5, 5.41) is 2.87. The predicted molar refractivity (Wildman–Crippen MR) is 115 cm³/mol. The molecule has 3 atom stereocenters. The van der Waals surface area contributed by atoms with Crippen LogP contribution in [0.1, 0.15) is 51.0 Å². The van der Waals surface area contributed by atoms with Gasteiger partial charge in [-0.25, -0.2) is 0 Å². The zero-order chi connectivity index (χ0) is 21.5. The van der Waals surface area contributed by atoms with Crippen LogP contribution in [-0.4, -0.2) is 62.3 Å². The van der Waals surface area contributed by atoms with Crippen molar-refractivity contribution in [3.63, 3.8) is 0 Å². The van der Waals surface area contributed by atoms with Crippen molar-refractivity contribution in [2.45, 2.75) is 70.1 Å². The molecule has 0 aromatic heterocycles. The highest BCUT2D eigenvalue weighted by atomic mass is 16.5. The molecule has 0 bridgehead atoms. The maximum Gasteiger partial charge on any atom is 0.224 e. The van der Waals surface area contributed by atoms with Crippen LogP contribution >= 0.6 is 0 Å². The molecule has 7 nitrogen and oxygen atoms in total. The molecule has 2 amide bonds. The number of carbonyl (C=O) groups excluding carboxylic acids is 2. The third kappa shape index (κ3) is 5.52. The van der Waals surface area contributed by atoms with E-state index < -0.39 is 0 Å². The molecule has 1 N–H and O–H groups in total. The Kier molecular flexibility index (Phi) is 8.10. The number of benzene rings is 1. The molecule has 166 valence electrons. The normalized spacial score (nSPS) is 23.4. The van der Waals surface area contributed by atoms with E-state index in [1.54, 1.807) is 14.2 Å². The van der Waals surface area contributed by atoms with Crippen LogP contribution in [0.3, 0.4) is 0 Å². The zero-order valence-electron chi connectivity index (χ0n) is 18.3. The van der Waals surface area contributed by atoms with Gasteiger partial charge in [-0.1, -0.05) is 0 Å². The van der Waals surface area contributed by atoms with Gasteiger partial charge in [0, 0.05) is 39.3 Å². The highest BCUT2D eigenvalue weighted by Gasteiger charge is 2.36. The first-order chi connectivity index (χ1) is 14.5. The fourth-order valence-electron chi connectivity index (χ4n) is 4.50. The van der Waals surface area contributed by atoms with E-state index in [0.717, 1.165) is 42.7 Å². The molecule has 7 heteroatoms. The summed E-state index contributed by atoms with van der Waals surface area (Å²) in [5.74, 6) is 0.970. The van der Waals surface area contributed by atoms with Crippen molar-refractivity contribution in [3.05, 3.63) is 23.8 Å². The summed E-state index contributed by atoms with van der Waals surface area (Å²) in [6, 6.07) is 5.78. The lowest BCUT2D eigenvalue weighted by Crippen LogP contribution is -2.51. The molecule has 0 radical (unpaired) electrons. The lowest BCUT2D eigenvalue weighted by atomic mass is 9.88. The van der Waals surface area contributed by atoms with Crippen molar-refractivity contribution in [2.24, 2.45) is 0 Å². The van der Waals surface area contributed by atoms with Gasteiger partial charge >= 0.3 is 0 Å². The van der Waals surface area contributed by atoms with Crippen LogP contribution in [0.5, 0.6) is 5.75 Å². The third-order valence-electron chi connectivity index (χ3n) is 6.18. The lowest BCUT2D eigenvalue weighted by molar-refractivity contribution is -0.140. The third-order valence-corrected chi connectivity index (χ3v) is 6.18. The highest BCUT2D eigenvalue weighted by molar-refractivity contribution is 5.94. The topological polar surface area (TPSA) is 77.1 Å². The number of nitrogens with zero attached hydrogens (tertiary/aromatic N) is 1. The van der Waals surface area contributed by atoms with Crippen LogP contribution in [0.15, 0.2) is 18.2 Å². The van der Waals surface area contributed by atoms with Gasteiger partial charge in [-0.3, -0.25) is 9.59 Å². The van der Waals surface area contributed by atoms with Crippen LogP contribution in [0.2, 0.25) is 0 Å². The Morgan fingerprint density at radius 3 is 2.77 bits per heavy atom. The highest BCUT2D eigenvalue weighted by Crippen LogP contribution is 2.29. The van der Waals surface area contributed by atoms with Crippen molar-refractivity contribution < 1.29 is 23.8 Å². The molecular formula is C23H34N2O5. The van der Waals surface area contributed by atoms with Crippen LogP contribution < -0.4 is 10.1 Å². The van der Waals surface area contributed by atoms with Gasteiger partial charge in [-0.05, 0) is 62.8 Å². The first kappa shape index (κ1) is 22.6. The average molecular weight is 419 g/mol. The van der Waals surface area contributed by atoms with Gasteiger partial charge in [0.15, 0.2) is 0 Å². The van der Waals surface area contributed by atoms with Crippen LogP contribution in [0.25, 0.3) is 0 Å². The molecule has 1 aromatic rings. The number of methoxy groups -OCH3 is 2. The van der Waals surface area contributed by atoms with Gasteiger partial charge in [-0.2, -0.15) is 0 Å². The van der Waals surface area contributed by atoms with Crippen LogP contribution in [0, 0.1) is 0 Å². The first-order valence-electron chi connectivity index (χ1n) is 11.0. The van der Waals surface area contributed by atoms with Gasteiger partial charge in [0.05, 0.1) is 24.9 Å². The molecule has 1 aromatic carbocycles. The number of rotatable bonds is 9. The number of carbonyl (C=O) groups is 2. The Bertz CT molecular complexity index is 738. The summed E-state index contributed by atoms with van der Waals surface area (Å²) in [6.07, 6.45) is 5.27. The average Bonchev–Trinajstić information content (AvgIpc) is 2.77. The van der Waals surface area contributed by atoms with Crippen molar-refractivity contribution in [2.75, 3.05) is 32.7 Å². The van der Waals surface area contributed by atoms with E-state index in [4.69, 9.17) is 14.2 Å². The second kappa shape index (κ2) is 10.8. The summed E-state index contributed by atoms with van der Waals surface area (Å²) in [6.45, 7) is 3.16. The molecule has 0 spiro atoms. The Morgan fingerprint density at radius 2 is 2.03 bits per heavy atom. The predicted octanol–water partition coefficient (Wildman–Crippen LogP) is 3.16. The monoisotopic (exact) mass is 418 g/mol. The van der Waals surface area contributed by atoms with Crippen molar-refractivity contribution >= 4 is 17.5 Å². The van der Waals surface area contributed by atoms with E-state index in [2.05, 4.69) is 5.32 Å². The van der Waals surface area contributed by atoms with Crippen molar-refractivity contribution in [1.82, 2.24) is 4.90 Å². The zero-order valence-corrected chi connectivity index (χ0v) is 18.3. The molecule has 1 aliphatic heterocycles. The Hall–Kier alpha value is -2.12. The van der Waals surface area contributed by atoms with Gasteiger partial charge in [-0.15, -0.1) is 0 Å². The quantitative estimate of drug-likeness (QED) is 0.624. The minimum atomic E-state index is 0.0562. The number of fused-ring (bicyclic) bond motifs is 1. The lowest BCUT2D eigenvalue weighted by Gasteiger charge is -2.41. The smallest absolute Gasteiger partial charge is 0.224 e. The molecule has 1 saturated carbocycles. The summed E-state index contributed by atoms with van der Waals surface area (Å²) >= 11 is 0. The number of amides is 2. The largest absolute Gasteiger partial charge is 0.494 e. The fraction of sp³-hybridized carbons (Fsp3) is 0.652. The molecule has 0 saturated heterocycles. The van der Waals surface area contributed by atoms with E-state index in [1.807, 2.05) is 30.0 Å². The molecule has 1 heterocycles. The van der Waals surface area contributed by atoms with Gasteiger partial charge in [0.25, 0.3) is 0 Å². The SMILES string of the molecule is CCN(C(=O)CCCOc1ccc2c(c1)CCC(=O)N2)C1CC(OC)CCC1OC. The second-order valence-electron chi connectivity index (χ2n) is 8.01. The van der Waals surface area contributed by atoms with Crippen molar-refractivity contribution in [1.29, 1.82) is 0 Å². The maximum absolute atomic E-state index is 12.9. The summed E-state index contributed by atoms with van der Waals surface area (Å²) < 4.78 is 17.1. The number of likely N-dealkylation sites (N-methyl/N-ethyl adjacent to an activating group) is 1. The first-order valence-corrected chi connectivity index (χ1v) is 11.0. The molecule has 2 aliphatic rings. The Labute approximate surface area is 179 Å². The minimum Gasteiger partial charge on any atom is -0.494 e. The van der Waals surface area contributed by atoms with E-state index in [9.17, 15) is 9.59 Å². The number of aryl methyl sites for hydroxylation is 1. The van der Waals surface area contributed by atoms with E-state index in [0.29, 0.717) is 32.4 Å².